The summed E-state index contributed by atoms with van der Waals surface area (Å²) in [5, 5.41) is 11.4. The van der Waals surface area contributed by atoms with Crippen molar-refractivity contribution in [1.29, 1.82) is 0 Å². The fourth-order valence-corrected chi connectivity index (χ4v) is 7.54. The lowest BCUT2D eigenvalue weighted by Gasteiger charge is -2.38. The predicted octanol–water partition coefficient (Wildman–Crippen LogP) is 5.80. The highest BCUT2D eigenvalue weighted by Gasteiger charge is 2.44. The molecular formula is C34H33ClF2N6O6. The maximum absolute atomic E-state index is 15.8. The van der Waals surface area contributed by atoms with Crippen LogP contribution in [0.4, 0.5) is 14.6 Å². The van der Waals surface area contributed by atoms with Crippen LogP contribution >= 0.6 is 11.6 Å². The largest absolute Gasteiger partial charge is 0.480 e. The molecule has 2 aromatic carbocycles. The van der Waals surface area contributed by atoms with E-state index in [0.29, 0.717) is 47.0 Å². The smallest absolute Gasteiger partial charge is 0.329 e. The molecule has 6 bridgehead atoms. The van der Waals surface area contributed by atoms with E-state index in [4.69, 9.17) is 30.5 Å². The van der Waals surface area contributed by atoms with E-state index >= 15 is 8.78 Å². The molecule has 0 aliphatic carbocycles. The summed E-state index contributed by atoms with van der Waals surface area (Å²) in [6, 6.07) is 11.2. The first-order valence-corrected chi connectivity index (χ1v) is 16.7. The average molecular weight is 695 g/mol. The lowest BCUT2D eigenvalue weighted by atomic mass is 9.93. The van der Waals surface area contributed by atoms with Gasteiger partial charge in [0.05, 0.1) is 17.6 Å². The first-order valence-electron chi connectivity index (χ1n) is 16.3. The number of para-hydroxylation sites is 1. The molecule has 4 aliphatic heterocycles. The Morgan fingerprint density at radius 1 is 1.12 bits per heavy atom. The number of piperidine rings is 1. The maximum atomic E-state index is 15.8. The number of carbonyl (C=O) groups is 2. The van der Waals surface area contributed by atoms with Crippen LogP contribution in [0.2, 0.25) is 5.02 Å². The molecular weight excluding hydrogens is 662 g/mol. The van der Waals surface area contributed by atoms with Gasteiger partial charge in [0.15, 0.2) is 11.4 Å². The summed E-state index contributed by atoms with van der Waals surface area (Å²) in [5.41, 5.74) is 2.03. The maximum Gasteiger partial charge on any atom is 0.329 e. The molecule has 0 saturated carbocycles. The molecule has 12 nitrogen and oxygen atoms in total. The van der Waals surface area contributed by atoms with Gasteiger partial charge in [-0.05, 0) is 49.1 Å². The number of aliphatic carboxylic acids is 1. The molecule has 7 heterocycles. The highest BCUT2D eigenvalue weighted by Crippen LogP contribution is 2.41. The third-order valence-corrected chi connectivity index (χ3v) is 9.98. The summed E-state index contributed by atoms with van der Waals surface area (Å²) in [7, 11) is 0. The first-order chi connectivity index (χ1) is 23.6. The van der Waals surface area contributed by atoms with Crippen molar-refractivity contribution in [2.75, 3.05) is 37.7 Å². The van der Waals surface area contributed by atoms with Gasteiger partial charge in [-0.25, -0.2) is 14.8 Å². The average Bonchev–Trinajstić information content (AvgIpc) is 3.77. The molecule has 1 N–H and O–H groups in total. The molecule has 9 rings (SSSR count). The zero-order chi connectivity index (χ0) is 34.0. The zero-order valence-corrected chi connectivity index (χ0v) is 27.3. The summed E-state index contributed by atoms with van der Waals surface area (Å²) in [6.45, 7) is 1.95. The van der Waals surface area contributed by atoms with E-state index in [9.17, 15) is 14.7 Å². The minimum atomic E-state index is -3.63. The van der Waals surface area contributed by atoms with Gasteiger partial charge in [0.25, 0.3) is 6.01 Å². The Balaban J connectivity index is 1.26. The monoisotopic (exact) mass is 694 g/mol. The van der Waals surface area contributed by atoms with Gasteiger partial charge in [0.1, 0.15) is 29.9 Å². The summed E-state index contributed by atoms with van der Waals surface area (Å²) in [4.78, 5) is 42.4. The number of amides is 1. The zero-order valence-electron chi connectivity index (χ0n) is 26.5. The molecule has 1 amide bonds. The Kier molecular flexibility index (Phi) is 7.82. The van der Waals surface area contributed by atoms with E-state index in [1.807, 2.05) is 10.6 Å². The molecule has 3 aromatic heterocycles. The molecule has 2 saturated heterocycles. The number of hydrogen-bond donors (Lipinski definition) is 1. The number of rotatable bonds is 1. The van der Waals surface area contributed by atoms with Crippen molar-refractivity contribution in [3.63, 3.8) is 0 Å². The van der Waals surface area contributed by atoms with E-state index in [2.05, 4.69) is 16.9 Å². The highest BCUT2D eigenvalue weighted by molar-refractivity contribution is 6.31. The van der Waals surface area contributed by atoms with Crippen LogP contribution in [0.15, 0.2) is 46.9 Å². The quantitative estimate of drug-likeness (QED) is 0.229. The van der Waals surface area contributed by atoms with Crippen LogP contribution in [-0.4, -0.2) is 86.4 Å². The van der Waals surface area contributed by atoms with Crippen LogP contribution in [0.1, 0.15) is 44.5 Å². The molecule has 49 heavy (non-hydrogen) atoms. The van der Waals surface area contributed by atoms with E-state index in [-0.39, 0.29) is 67.2 Å². The first kappa shape index (κ1) is 31.7. The van der Waals surface area contributed by atoms with Crippen LogP contribution in [0.5, 0.6) is 6.01 Å². The SMILES string of the molecule is C[C@H]1CN2CC[C@@H]1n1c(nc3ccc(Cl)cc31)O[C@H]1C[C@@H](C(=O)O)N(C1)c1nc(nc3c1oc1ccccc13)C(F)(F)COCCCC2=O. The second kappa shape index (κ2) is 12.1. The van der Waals surface area contributed by atoms with Gasteiger partial charge in [0.2, 0.25) is 11.7 Å². The molecule has 2 fully saturated rings. The molecule has 0 unspecified atom stereocenters. The Labute approximate surface area is 283 Å². The minimum absolute atomic E-state index is 0.00428. The molecule has 5 aromatic rings. The molecule has 15 heteroatoms. The van der Waals surface area contributed by atoms with Gasteiger partial charge in [-0.2, -0.15) is 13.8 Å². The molecule has 0 spiro atoms. The number of carboxylic acid groups (broad SMARTS) is 1. The summed E-state index contributed by atoms with van der Waals surface area (Å²) < 4.78 is 51.6. The number of imidazole rings is 1. The molecule has 4 aliphatic rings. The van der Waals surface area contributed by atoms with E-state index < -0.39 is 36.5 Å². The number of anilines is 1. The number of hydrogen-bond acceptors (Lipinski definition) is 9. The number of fused-ring (bicyclic) bond motifs is 12. The lowest BCUT2D eigenvalue weighted by molar-refractivity contribution is -0.138. The number of aromatic nitrogens is 4. The minimum Gasteiger partial charge on any atom is -0.480 e. The van der Waals surface area contributed by atoms with Crippen LogP contribution in [0, 0.1) is 5.92 Å². The van der Waals surface area contributed by atoms with Gasteiger partial charge in [-0.15, -0.1) is 0 Å². The van der Waals surface area contributed by atoms with Gasteiger partial charge in [0, 0.05) is 49.0 Å². The predicted molar refractivity (Wildman–Crippen MR) is 175 cm³/mol. The number of alkyl halides is 2. The van der Waals surface area contributed by atoms with Crippen LogP contribution in [-0.2, 0) is 20.2 Å². The number of carbonyl (C=O) groups excluding carboxylic acids is 1. The second-order valence-electron chi connectivity index (χ2n) is 13.1. The van der Waals surface area contributed by atoms with E-state index in [1.165, 1.54) is 4.90 Å². The summed E-state index contributed by atoms with van der Waals surface area (Å²) >= 11 is 6.43. The number of nitrogens with zero attached hydrogens (tertiary/aromatic N) is 6. The number of furan rings is 1. The van der Waals surface area contributed by atoms with Crippen molar-refractivity contribution in [2.24, 2.45) is 5.92 Å². The Morgan fingerprint density at radius 2 is 1.96 bits per heavy atom. The third kappa shape index (κ3) is 5.60. The van der Waals surface area contributed by atoms with E-state index in [1.54, 1.807) is 41.3 Å². The van der Waals surface area contributed by atoms with E-state index in [0.717, 1.165) is 5.52 Å². The topological polar surface area (TPSA) is 136 Å². The fraction of sp³-hybridized carbons (Fsp3) is 0.441. The van der Waals surface area contributed by atoms with Crippen molar-refractivity contribution in [3.05, 3.63) is 53.3 Å². The number of benzene rings is 2. The van der Waals surface area contributed by atoms with Crippen LogP contribution in [0.25, 0.3) is 33.1 Å². The fourth-order valence-electron chi connectivity index (χ4n) is 7.37. The van der Waals surface area contributed by atoms with Gasteiger partial charge in [-0.3, -0.25) is 9.36 Å². The van der Waals surface area contributed by atoms with Crippen LogP contribution < -0.4 is 9.64 Å². The Bertz CT molecular complexity index is 2100. The number of halogens is 3. The van der Waals surface area contributed by atoms with Gasteiger partial charge >= 0.3 is 11.9 Å². The molecule has 4 atom stereocenters. The highest BCUT2D eigenvalue weighted by atomic mass is 35.5. The van der Waals surface area contributed by atoms with Gasteiger partial charge in [-0.1, -0.05) is 30.7 Å². The molecule has 256 valence electrons. The van der Waals surface area contributed by atoms with Crippen molar-refractivity contribution >= 4 is 62.4 Å². The van der Waals surface area contributed by atoms with Crippen molar-refractivity contribution in [3.8, 4) is 6.01 Å². The number of ether oxygens (including phenoxy) is 2. The van der Waals surface area contributed by atoms with Gasteiger partial charge < -0.3 is 28.8 Å². The number of carboxylic acids is 1. The lowest BCUT2D eigenvalue weighted by Crippen LogP contribution is -2.43. The second-order valence-corrected chi connectivity index (χ2v) is 13.5. The van der Waals surface area contributed by atoms with Crippen molar-refractivity contribution in [1.82, 2.24) is 24.4 Å². The normalized spacial score (nSPS) is 24.8. The standard InChI is InChI=1S/C34H33ClF2N6O6/c1-18-15-41-11-10-23(18)43-24-13-19(35)8-9-22(24)38-33(43)48-20-14-25(31(45)46)42(16-20)30-29-28(21-5-2-3-6-26(21)49-29)39-32(40-30)34(36,37)17-47-12-4-7-27(41)44/h2-3,5-6,8-9,13,18,20,23,25H,4,7,10-12,14-17H2,1H3,(H,45,46)/t18-,20-,23-,25-/m0/s1. The third-order valence-electron chi connectivity index (χ3n) is 9.75. The van der Waals surface area contributed by atoms with Crippen molar-refractivity contribution < 1.29 is 37.4 Å². The molecule has 0 radical (unpaired) electrons. The summed E-state index contributed by atoms with van der Waals surface area (Å²) in [5.74, 6) is -5.77. The Hall–Kier alpha value is -4.56. The van der Waals surface area contributed by atoms with Crippen LogP contribution in [0.3, 0.4) is 0 Å². The Morgan fingerprint density at radius 3 is 2.78 bits per heavy atom. The van der Waals surface area contributed by atoms with Crippen molar-refractivity contribution in [2.45, 2.75) is 56.7 Å². The summed E-state index contributed by atoms with van der Waals surface area (Å²) in [6.07, 6.45) is 0.339.